The lowest BCUT2D eigenvalue weighted by atomic mass is 9.88. The first-order chi connectivity index (χ1) is 6.65. The van der Waals surface area contributed by atoms with Gasteiger partial charge in [0.2, 0.25) is 0 Å². The van der Waals surface area contributed by atoms with E-state index >= 15 is 0 Å². The number of rotatable bonds is 4. The molecule has 0 saturated heterocycles. The quantitative estimate of drug-likeness (QED) is 0.699. The first-order valence-corrected chi connectivity index (χ1v) is 4.51. The normalized spacial score (nSPS) is 13.9. The van der Waals surface area contributed by atoms with Crippen molar-refractivity contribution in [3.05, 3.63) is 23.3 Å². The van der Waals surface area contributed by atoms with Crippen LogP contribution in [-0.4, -0.2) is 22.2 Å². The van der Waals surface area contributed by atoms with Gasteiger partial charge in [0, 0.05) is 16.6 Å². The molecule has 0 aliphatic heterocycles. The van der Waals surface area contributed by atoms with E-state index in [1.807, 2.05) is 0 Å². The SMILES string of the molecule is CC(=CC(C)(C)C=C(C)C(=O)O)C(=O)O. The third-order valence-electron chi connectivity index (χ3n) is 1.85. The van der Waals surface area contributed by atoms with Crippen LogP contribution >= 0.6 is 0 Å². The van der Waals surface area contributed by atoms with Crippen molar-refractivity contribution in [1.82, 2.24) is 0 Å². The van der Waals surface area contributed by atoms with Gasteiger partial charge in [0.15, 0.2) is 0 Å². The Bertz CT molecular complexity index is 302. The maximum absolute atomic E-state index is 10.6. The zero-order valence-corrected chi connectivity index (χ0v) is 9.37. The van der Waals surface area contributed by atoms with Crippen molar-refractivity contribution in [2.24, 2.45) is 5.41 Å². The summed E-state index contributed by atoms with van der Waals surface area (Å²) in [4.78, 5) is 21.2. The standard InChI is InChI=1S/C11H16O4/c1-7(9(12)13)5-11(3,4)6-8(2)10(14)15/h5-6H,1-4H3,(H,12,13)(H,14,15). The molecule has 2 N–H and O–H groups in total. The first-order valence-electron chi connectivity index (χ1n) is 4.51. The number of carbonyl (C=O) groups is 2. The Kier molecular flexibility index (Phi) is 4.27. The van der Waals surface area contributed by atoms with E-state index in [1.165, 1.54) is 26.0 Å². The maximum Gasteiger partial charge on any atom is 0.330 e. The summed E-state index contributed by atoms with van der Waals surface area (Å²) in [5.74, 6) is -1.99. The molecular formula is C11H16O4. The van der Waals surface area contributed by atoms with Gasteiger partial charge in [0.1, 0.15) is 0 Å². The van der Waals surface area contributed by atoms with Gasteiger partial charge in [0.25, 0.3) is 0 Å². The Morgan fingerprint density at radius 1 is 0.933 bits per heavy atom. The van der Waals surface area contributed by atoms with E-state index in [0.29, 0.717) is 0 Å². The Morgan fingerprint density at radius 3 is 1.40 bits per heavy atom. The van der Waals surface area contributed by atoms with Crippen LogP contribution in [0.15, 0.2) is 23.3 Å². The number of allylic oxidation sites excluding steroid dienone is 2. The Labute approximate surface area is 88.9 Å². The summed E-state index contributed by atoms with van der Waals surface area (Å²) in [6.45, 7) is 6.47. The molecule has 0 aromatic rings. The highest BCUT2D eigenvalue weighted by molar-refractivity contribution is 5.87. The van der Waals surface area contributed by atoms with Crippen LogP contribution in [0.4, 0.5) is 0 Å². The Morgan fingerprint density at radius 2 is 1.20 bits per heavy atom. The fourth-order valence-corrected chi connectivity index (χ4v) is 1.28. The van der Waals surface area contributed by atoms with Crippen LogP contribution in [0.2, 0.25) is 0 Å². The van der Waals surface area contributed by atoms with Gasteiger partial charge in [-0.2, -0.15) is 0 Å². The molecular weight excluding hydrogens is 196 g/mol. The van der Waals surface area contributed by atoms with Crippen LogP contribution in [0.3, 0.4) is 0 Å². The zero-order valence-electron chi connectivity index (χ0n) is 9.37. The summed E-state index contributed by atoms with van der Waals surface area (Å²) >= 11 is 0. The molecule has 0 aromatic carbocycles. The average molecular weight is 212 g/mol. The van der Waals surface area contributed by atoms with Crippen molar-refractivity contribution in [3.8, 4) is 0 Å². The summed E-state index contributed by atoms with van der Waals surface area (Å²) in [6, 6.07) is 0. The molecule has 15 heavy (non-hydrogen) atoms. The largest absolute Gasteiger partial charge is 0.478 e. The fourth-order valence-electron chi connectivity index (χ4n) is 1.28. The molecule has 0 aliphatic carbocycles. The van der Waals surface area contributed by atoms with E-state index in [-0.39, 0.29) is 11.1 Å². The zero-order chi connectivity index (χ0) is 12.2. The van der Waals surface area contributed by atoms with Crippen LogP contribution in [0, 0.1) is 5.41 Å². The van der Waals surface area contributed by atoms with Crippen molar-refractivity contribution >= 4 is 11.9 Å². The minimum absolute atomic E-state index is 0.203. The van der Waals surface area contributed by atoms with Gasteiger partial charge in [0.05, 0.1) is 0 Å². The predicted molar refractivity (Wildman–Crippen MR) is 56.6 cm³/mol. The fraction of sp³-hybridized carbons (Fsp3) is 0.455. The molecule has 0 heterocycles. The van der Waals surface area contributed by atoms with E-state index in [1.54, 1.807) is 13.8 Å². The van der Waals surface area contributed by atoms with E-state index in [0.717, 1.165) is 0 Å². The predicted octanol–water partition coefficient (Wildman–Crippen LogP) is 2.07. The highest BCUT2D eigenvalue weighted by atomic mass is 16.4. The molecule has 0 saturated carbocycles. The highest BCUT2D eigenvalue weighted by Crippen LogP contribution is 2.23. The molecule has 0 spiro atoms. The second-order valence-electron chi connectivity index (χ2n) is 4.09. The molecule has 0 bridgehead atoms. The van der Waals surface area contributed by atoms with Gasteiger partial charge in [-0.15, -0.1) is 0 Å². The van der Waals surface area contributed by atoms with Gasteiger partial charge in [-0.1, -0.05) is 26.0 Å². The van der Waals surface area contributed by atoms with E-state index in [4.69, 9.17) is 10.2 Å². The molecule has 0 radical (unpaired) electrons. The third-order valence-corrected chi connectivity index (χ3v) is 1.85. The molecule has 4 heteroatoms. The highest BCUT2D eigenvalue weighted by Gasteiger charge is 2.16. The van der Waals surface area contributed by atoms with Crippen molar-refractivity contribution in [2.45, 2.75) is 27.7 Å². The molecule has 0 fully saturated rings. The summed E-state index contributed by atoms with van der Waals surface area (Å²) in [5, 5.41) is 17.4. The molecule has 0 rings (SSSR count). The van der Waals surface area contributed by atoms with Crippen LogP contribution in [-0.2, 0) is 9.59 Å². The van der Waals surface area contributed by atoms with Crippen molar-refractivity contribution in [3.63, 3.8) is 0 Å². The number of aliphatic carboxylic acids is 2. The second kappa shape index (κ2) is 4.77. The number of hydrogen-bond donors (Lipinski definition) is 2. The topological polar surface area (TPSA) is 74.6 Å². The van der Waals surface area contributed by atoms with Crippen molar-refractivity contribution in [2.75, 3.05) is 0 Å². The van der Waals surface area contributed by atoms with E-state index < -0.39 is 17.4 Å². The van der Waals surface area contributed by atoms with Crippen LogP contribution in [0.1, 0.15) is 27.7 Å². The number of carboxylic acid groups (broad SMARTS) is 2. The van der Waals surface area contributed by atoms with E-state index in [9.17, 15) is 9.59 Å². The van der Waals surface area contributed by atoms with Crippen LogP contribution < -0.4 is 0 Å². The lowest BCUT2D eigenvalue weighted by Gasteiger charge is -2.16. The van der Waals surface area contributed by atoms with Gasteiger partial charge >= 0.3 is 11.9 Å². The lowest BCUT2D eigenvalue weighted by Crippen LogP contribution is -2.10. The maximum atomic E-state index is 10.6. The van der Waals surface area contributed by atoms with Gasteiger partial charge < -0.3 is 10.2 Å². The Hall–Kier alpha value is -1.58. The van der Waals surface area contributed by atoms with Gasteiger partial charge in [-0.3, -0.25) is 0 Å². The third kappa shape index (κ3) is 5.00. The minimum Gasteiger partial charge on any atom is -0.478 e. The molecule has 0 amide bonds. The first kappa shape index (κ1) is 13.4. The molecule has 0 unspecified atom stereocenters. The van der Waals surface area contributed by atoms with Crippen molar-refractivity contribution < 1.29 is 19.8 Å². The van der Waals surface area contributed by atoms with E-state index in [2.05, 4.69) is 0 Å². The molecule has 0 atom stereocenters. The monoisotopic (exact) mass is 212 g/mol. The second-order valence-corrected chi connectivity index (χ2v) is 4.09. The van der Waals surface area contributed by atoms with Gasteiger partial charge in [-0.25, -0.2) is 9.59 Å². The number of carboxylic acids is 2. The number of hydrogen-bond acceptors (Lipinski definition) is 2. The van der Waals surface area contributed by atoms with Crippen molar-refractivity contribution in [1.29, 1.82) is 0 Å². The summed E-state index contributed by atoms with van der Waals surface area (Å²) in [5.41, 5.74) is -0.172. The minimum atomic E-state index is -0.996. The summed E-state index contributed by atoms with van der Waals surface area (Å²) in [7, 11) is 0. The van der Waals surface area contributed by atoms with Crippen LogP contribution in [0.5, 0.6) is 0 Å². The Balaban J connectivity index is 5.01. The van der Waals surface area contributed by atoms with Crippen LogP contribution in [0.25, 0.3) is 0 Å². The van der Waals surface area contributed by atoms with Gasteiger partial charge in [-0.05, 0) is 13.8 Å². The summed E-state index contributed by atoms with van der Waals surface area (Å²) < 4.78 is 0. The summed E-state index contributed by atoms with van der Waals surface area (Å²) in [6.07, 6.45) is 3.06. The molecule has 0 aliphatic rings. The molecule has 4 nitrogen and oxygen atoms in total. The average Bonchev–Trinajstić information content (AvgIpc) is 2.01. The smallest absolute Gasteiger partial charge is 0.330 e. The lowest BCUT2D eigenvalue weighted by molar-refractivity contribution is -0.133. The molecule has 0 aromatic heterocycles. The molecule has 84 valence electrons.